The SMILES string of the molecule is CN(C(=O)C1COCC1N)C(C)(C)C(=O)O. The van der Waals surface area contributed by atoms with Gasteiger partial charge in [0.05, 0.1) is 19.1 Å². The van der Waals surface area contributed by atoms with E-state index in [4.69, 9.17) is 15.6 Å². The molecule has 0 spiro atoms. The highest BCUT2D eigenvalue weighted by molar-refractivity contribution is 5.87. The summed E-state index contributed by atoms with van der Waals surface area (Å²) in [5.41, 5.74) is 4.48. The maximum absolute atomic E-state index is 12.0. The van der Waals surface area contributed by atoms with Crippen LogP contribution in [0.5, 0.6) is 0 Å². The molecule has 16 heavy (non-hydrogen) atoms. The minimum atomic E-state index is -1.24. The van der Waals surface area contributed by atoms with Gasteiger partial charge in [-0.1, -0.05) is 0 Å². The lowest BCUT2D eigenvalue weighted by Crippen LogP contribution is -2.54. The van der Waals surface area contributed by atoms with Crippen molar-refractivity contribution in [2.75, 3.05) is 20.3 Å². The normalized spacial score (nSPS) is 25.5. The van der Waals surface area contributed by atoms with Crippen molar-refractivity contribution in [2.24, 2.45) is 11.7 Å². The molecule has 0 bridgehead atoms. The van der Waals surface area contributed by atoms with Crippen LogP contribution < -0.4 is 5.73 Å². The van der Waals surface area contributed by atoms with Crippen molar-refractivity contribution in [1.29, 1.82) is 0 Å². The molecule has 2 atom stereocenters. The summed E-state index contributed by atoms with van der Waals surface area (Å²) < 4.78 is 5.09. The van der Waals surface area contributed by atoms with E-state index in [0.29, 0.717) is 6.61 Å². The third kappa shape index (κ3) is 2.17. The monoisotopic (exact) mass is 230 g/mol. The number of nitrogens with zero attached hydrogens (tertiary/aromatic N) is 1. The van der Waals surface area contributed by atoms with Crippen molar-refractivity contribution in [3.8, 4) is 0 Å². The van der Waals surface area contributed by atoms with Crippen LogP contribution in [0.2, 0.25) is 0 Å². The van der Waals surface area contributed by atoms with Gasteiger partial charge in [-0.25, -0.2) is 4.79 Å². The number of ether oxygens (including phenoxy) is 1. The van der Waals surface area contributed by atoms with Crippen LogP contribution in [0.4, 0.5) is 0 Å². The first-order valence-corrected chi connectivity index (χ1v) is 5.13. The molecule has 6 heteroatoms. The van der Waals surface area contributed by atoms with E-state index in [-0.39, 0.29) is 18.6 Å². The minimum absolute atomic E-state index is 0.264. The Kier molecular flexibility index (Phi) is 3.54. The van der Waals surface area contributed by atoms with Gasteiger partial charge in [0, 0.05) is 13.1 Å². The molecule has 0 aromatic carbocycles. The number of carbonyl (C=O) groups excluding carboxylic acids is 1. The quantitative estimate of drug-likeness (QED) is 0.667. The molecule has 92 valence electrons. The number of likely N-dealkylation sites (N-methyl/N-ethyl adjacent to an activating group) is 1. The lowest BCUT2D eigenvalue weighted by atomic mass is 9.98. The molecule has 2 unspecified atom stereocenters. The van der Waals surface area contributed by atoms with Crippen molar-refractivity contribution in [3.63, 3.8) is 0 Å². The van der Waals surface area contributed by atoms with E-state index >= 15 is 0 Å². The Balaban J connectivity index is 2.78. The Labute approximate surface area is 94.3 Å². The minimum Gasteiger partial charge on any atom is -0.480 e. The summed E-state index contributed by atoms with van der Waals surface area (Å²) in [7, 11) is 1.47. The van der Waals surface area contributed by atoms with Crippen LogP contribution in [0, 0.1) is 5.92 Å². The molecule has 0 aliphatic carbocycles. The standard InChI is InChI=1S/C10H18N2O4/c1-10(2,9(14)15)12(3)8(13)6-4-16-5-7(6)11/h6-7H,4-5,11H2,1-3H3,(H,14,15). The van der Waals surface area contributed by atoms with Gasteiger partial charge in [0.1, 0.15) is 5.54 Å². The van der Waals surface area contributed by atoms with E-state index in [1.54, 1.807) is 0 Å². The molecule has 1 fully saturated rings. The summed E-state index contributed by atoms with van der Waals surface area (Å²) in [5, 5.41) is 9.01. The van der Waals surface area contributed by atoms with Gasteiger partial charge in [-0.3, -0.25) is 4.79 Å². The summed E-state index contributed by atoms with van der Waals surface area (Å²) in [5.74, 6) is -1.77. The fourth-order valence-corrected chi connectivity index (χ4v) is 1.49. The smallest absolute Gasteiger partial charge is 0.329 e. The zero-order valence-electron chi connectivity index (χ0n) is 9.77. The van der Waals surface area contributed by atoms with E-state index in [1.165, 1.54) is 25.8 Å². The van der Waals surface area contributed by atoms with Crippen LogP contribution in [0.25, 0.3) is 0 Å². The van der Waals surface area contributed by atoms with Crippen LogP contribution in [-0.2, 0) is 14.3 Å². The van der Waals surface area contributed by atoms with Crippen molar-refractivity contribution >= 4 is 11.9 Å². The predicted octanol–water partition coefficient (Wildman–Crippen LogP) is -0.718. The first-order chi connectivity index (χ1) is 7.28. The van der Waals surface area contributed by atoms with E-state index in [0.717, 1.165) is 0 Å². The second-order valence-electron chi connectivity index (χ2n) is 4.57. The molecule has 1 saturated heterocycles. The highest BCUT2D eigenvalue weighted by atomic mass is 16.5. The van der Waals surface area contributed by atoms with E-state index in [1.807, 2.05) is 0 Å². The van der Waals surface area contributed by atoms with Crippen molar-refractivity contribution in [1.82, 2.24) is 4.90 Å². The van der Waals surface area contributed by atoms with Crippen molar-refractivity contribution in [3.05, 3.63) is 0 Å². The van der Waals surface area contributed by atoms with Crippen LogP contribution in [0.15, 0.2) is 0 Å². The van der Waals surface area contributed by atoms with Crippen LogP contribution in [-0.4, -0.2) is 53.7 Å². The van der Waals surface area contributed by atoms with E-state index in [2.05, 4.69) is 0 Å². The molecule has 0 saturated carbocycles. The van der Waals surface area contributed by atoms with Crippen molar-refractivity contribution < 1.29 is 19.4 Å². The Morgan fingerprint density at radius 2 is 2.00 bits per heavy atom. The van der Waals surface area contributed by atoms with Gasteiger partial charge in [-0.2, -0.15) is 0 Å². The first kappa shape index (κ1) is 12.9. The molecule has 3 N–H and O–H groups in total. The van der Waals surface area contributed by atoms with E-state index in [9.17, 15) is 9.59 Å². The van der Waals surface area contributed by atoms with Crippen LogP contribution in [0.1, 0.15) is 13.8 Å². The number of carbonyl (C=O) groups is 2. The number of amides is 1. The summed E-state index contributed by atoms with van der Waals surface area (Å²) >= 11 is 0. The molecule has 1 heterocycles. The lowest BCUT2D eigenvalue weighted by molar-refractivity contribution is -0.157. The molecular weight excluding hydrogens is 212 g/mol. The number of nitrogens with two attached hydrogens (primary N) is 1. The number of carboxylic acids is 1. The summed E-state index contributed by atoms with van der Waals surface area (Å²) in [6.07, 6.45) is 0. The summed E-state index contributed by atoms with van der Waals surface area (Å²) in [6.45, 7) is 3.57. The Morgan fingerprint density at radius 3 is 2.38 bits per heavy atom. The highest BCUT2D eigenvalue weighted by Crippen LogP contribution is 2.20. The van der Waals surface area contributed by atoms with Gasteiger partial charge in [-0.15, -0.1) is 0 Å². The van der Waals surface area contributed by atoms with Gasteiger partial charge >= 0.3 is 5.97 Å². The number of carboxylic acid groups (broad SMARTS) is 1. The first-order valence-electron chi connectivity index (χ1n) is 5.13. The molecule has 0 radical (unpaired) electrons. The molecule has 1 amide bonds. The number of aliphatic carboxylic acids is 1. The predicted molar refractivity (Wildman–Crippen MR) is 56.8 cm³/mol. The fraction of sp³-hybridized carbons (Fsp3) is 0.800. The van der Waals surface area contributed by atoms with E-state index < -0.39 is 17.4 Å². The number of rotatable bonds is 3. The maximum Gasteiger partial charge on any atom is 0.329 e. The third-order valence-corrected chi connectivity index (χ3v) is 3.13. The lowest BCUT2D eigenvalue weighted by Gasteiger charge is -2.33. The largest absolute Gasteiger partial charge is 0.480 e. The topological polar surface area (TPSA) is 92.9 Å². The molecular formula is C10H18N2O4. The Hall–Kier alpha value is -1.14. The molecule has 6 nitrogen and oxygen atoms in total. The molecule has 0 aromatic rings. The van der Waals surface area contributed by atoms with Gasteiger partial charge < -0.3 is 20.5 Å². The molecule has 1 aliphatic rings. The van der Waals surface area contributed by atoms with Gasteiger partial charge in [0.2, 0.25) is 5.91 Å². The van der Waals surface area contributed by atoms with Crippen LogP contribution >= 0.6 is 0 Å². The average Bonchev–Trinajstić information content (AvgIpc) is 2.61. The molecule has 0 aromatic heterocycles. The number of hydrogen-bond acceptors (Lipinski definition) is 4. The third-order valence-electron chi connectivity index (χ3n) is 3.13. The summed E-state index contributed by atoms with van der Waals surface area (Å²) in [4.78, 5) is 24.2. The second-order valence-corrected chi connectivity index (χ2v) is 4.57. The van der Waals surface area contributed by atoms with Crippen molar-refractivity contribution in [2.45, 2.75) is 25.4 Å². The zero-order chi connectivity index (χ0) is 12.5. The average molecular weight is 230 g/mol. The van der Waals surface area contributed by atoms with Gasteiger partial charge in [0.25, 0.3) is 0 Å². The van der Waals surface area contributed by atoms with Crippen LogP contribution in [0.3, 0.4) is 0 Å². The number of hydrogen-bond donors (Lipinski definition) is 2. The van der Waals surface area contributed by atoms with Gasteiger partial charge in [0.15, 0.2) is 0 Å². The maximum atomic E-state index is 12.0. The summed E-state index contributed by atoms with van der Waals surface area (Å²) in [6, 6.07) is -0.348. The second kappa shape index (κ2) is 4.39. The highest BCUT2D eigenvalue weighted by Gasteiger charge is 2.41. The van der Waals surface area contributed by atoms with Gasteiger partial charge in [-0.05, 0) is 13.8 Å². The molecule has 1 rings (SSSR count). The Bertz CT molecular complexity index is 303. The molecule has 1 aliphatic heterocycles. The fourth-order valence-electron chi connectivity index (χ4n) is 1.49. The Morgan fingerprint density at radius 1 is 1.44 bits per heavy atom. The zero-order valence-corrected chi connectivity index (χ0v) is 9.77.